The molecule has 7 heteroatoms. The molecule has 7 nitrogen and oxygen atoms in total. The maximum Gasteiger partial charge on any atom is 0.259 e. The summed E-state index contributed by atoms with van der Waals surface area (Å²) in [5.74, 6) is 1.09. The van der Waals surface area contributed by atoms with Crippen LogP contribution in [0.3, 0.4) is 0 Å². The molecule has 162 valence electrons. The first kappa shape index (κ1) is 20.1. The third-order valence-corrected chi connectivity index (χ3v) is 5.48. The highest BCUT2D eigenvalue weighted by molar-refractivity contribution is 6.13. The Balaban J connectivity index is 1.57. The lowest BCUT2D eigenvalue weighted by molar-refractivity contribution is 0.102. The summed E-state index contributed by atoms with van der Waals surface area (Å²) in [7, 11) is 0. The van der Waals surface area contributed by atoms with Crippen molar-refractivity contribution in [1.29, 1.82) is 0 Å². The Morgan fingerprint density at radius 2 is 2.03 bits per heavy atom. The zero-order valence-corrected chi connectivity index (χ0v) is 18.1. The number of ether oxygens (including phenoxy) is 2. The van der Waals surface area contributed by atoms with Gasteiger partial charge in [-0.3, -0.25) is 4.79 Å². The van der Waals surface area contributed by atoms with Gasteiger partial charge in [0.25, 0.3) is 11.6 Å². The highest BCUT2D eigenvalue weighted by Crippen LogP contribution is 2.38. The van der Waals surface area contributed by atoms with Gasteiger partial charge in [0.2, 0.25) is 0 Å². The van der Waals surface area contributed by atoms with Crippen molar-refractivity contribution in [2.24, 2.45) is 0 Å². The Kier molecular flexibility index (Phi) is 5.01. The Morgan fingerprint density at radius 1 is 1.22 bits per heavy atom. The van der Waals surface area contributed by atoms with Crippen molar-refractivity contribution >= 4 is 22.7 Å². The van der Waals surface area contributed by atoms with Gasteiger partial charge in [0.1, 0.15) is 17.6 Å². The molecule has 0 saturated heterocycles. The summed E-state index contributed by atoms with van der Waals surface area (Å²) < 4.78 is 17.1. The van der Waals surface area contributed by atoms with Gasteiger partial charge in [0, 0.05) is 23.6 Å². The average molecular weight is 429 g/mol. The van der Waals surface area contributed by atoms with Gasteiger partial charge in [-0.1, -0.05) is 35.5 Å². The standard InChI is InChI=1S/C25H23N3O4/c1-4-30-22-11-17-10-14(2)31-21(17)13-20(22)26-24(29)18-12-19(16-8-6-5-7-9-16)27-25-23(18)15(3)28-32-25/h5-9,11-14H,4,10H2,1-3H3,(H,26,29)/t14-/m1/s1. The maximum absolute atomic E-state index is 13.5. The first-order valence-corrected chi connectivity index (χ1v) is 10.6. The van der Waals surface area contributed by atoms with Crippen LogP contribution in [-0.4, -0.2) is 28.8 Å². The number of nitrogens with zero attached hydrogens (tertiary/aromatic N) is 2. The van der Waals surface area contributed by atoms with E-state index in [1.165, 1.54) is 0 Å². The molecule has 1 aliphatic rings. The highest BCUT2D eigenvalue weighted by Gasteiger charge is 2.24. The van der Waals surface area contributed by atoms with Crippen LogP contribution in [0, 0.1) is 6.92 Å². The van der Waals surface area contributed by atoms with Crippen molar-refractivity contribution in [3.63, 3.8) is 0 Å². The number of carbonyl (C=O) groups excluding carboxylic acids is 1. The number of aromatic nitrogens is 2. The molecule has 1 amide bonds. The topological polar surface area (TPSA) is 86.5 Å². The molecule has 0 bridgehead atoms. The molecule has 0 spiro atoms. The number of hydrogen-bond acceptors (Lipinski definition) is 6. The quantitative estimate of drug-likeness (QED) is 0.471. The van der Waals surface area contributed by atoms with Crippen LogP contribution in [-0.2, 0) is 6.42 Å². The summed E-state index contributed by atoms with van der Waals surface area (Å²) in [4.78, 5) is 18.0. The van der Waals surface area contributed by atoms with Crippen LogP contribution in [0.4, 0.5) is 5.69 Å². The van der Waals surface area contributed by atoms with Gasteiger partial charge >= 0.3 is 0 Å². The van der Waals surface area contributed by atoms with Crippen molar-refractivity contribution in [2.45, 2.75) is 33.3 Å². The molecule has 5 rings (SSSR count). The van der Waals surface area contributed by atoms with E-state index in [0.717, 1.165) is 23.3 Å². The fourth-order valence-electron chi connectivity index (χ4n) is 4.03. The lowest BCUT2D eigenvalue weighted by atomic mass is 10.0. The monoisotopic (exact) mass is 429 g/mol. The number of rotatable bonds is 5. The Labute approximate surface area is 185 Å². The summed E-state index contributed by atoms with van der Waals surface area (Å²) in [6, 6.07) is 15.2. The van der Waals surface area contributed by atoms with Gasteiger partial charge in [-0.2, -0.15) is 0 Å². The highest BCUT2D eigenvalue weighted by atomic mass is 16.5. The van der Waals surface area contributed by atoms with Crippen molar-refractivity contribution < 1.29 is 18.8 Å². The van der Waals surface area contributed by atoms with Gasteiger partial charge in [-0.05, 0) is 32.9 Å². The number of hydrogen-bond donors (Lipinski definition) is 1. The van der Waals surface area contributed by atoms with E-state index >= 15 is 0 Å². The van der Waals surface area contributed by atoms with E-state index in [-0.39, 0.29) is 12.0 Å². The fraction of sp³-hybridized carbons (Fsp3) is 0.240. The van der Waals surface area contributed by atoms with Crippen LogP contribution in [0.1, 0.15) is 35.5 Å². The van der Waals surface area contributed by atoms with Crippen LogP contribution in [0.2, 0.25) is 0 Å². The van der Waals surface area contributed by atoms with Crippen molar-refractivity contribution in [1.82, 2.24) is 10.1 Å². The number of carbonyl (C=O) groups is 1. The van der Waals surface area contributed by atoms with Gasteiger partial charge in [0.05, 0.1) is 34.6 Å². The van der Waals surface area contributed by atoms with Crippen LogP contribution in [0.15, 0.2) is 53.1 Å². The van der Waals surface area contributed by atoms with E-state index in [0.29, 0.717) is 46.1 Å². The SMILES string of the molecule is CCOc1cc2c(cc1NC(=O)c1cc(-c3ccccc3)nc3onc(C)c13)O[C@H](C)C2. The second kappa shape index (κ2) is 8.00. The number of benzene rings is 2. The number of fused-ring (bicyclic) bond motifs is 2. The van der Waals surface area contributed by atoms with E-state index in [2.05, 4.69) is 15.5 Å². The fourth-order valence-corrected chi connectivity index (χ4v) is 4.03. The number of pyridine rings is 1. The van der Waals surface area contributed by atoms with Crippen LogP contribution in [0.5, 0.6) is 11.5 Å². The third-order valence-electron chi connectivity index (χ3n) is 5.48. The minimum Gasteiger partial charge on any atom is -0.492 e. The maximum atomic E-state index is 13.5. The van der Waals surface area contributed by atoms with E-state index in [9.17, 15) is 4.79 Å². The molecule has 2 aromatic heterocycles. The number of aryl methyl sites for hydroxylation is 1. The van der Waals surface area contributed by atoms with Gasteiger partial charge in [-0.15, -0.1) is 0 Å². The molecule has 0 radical (unpaired) electrons. The molecular formula is C25H23N3O4. The van der Waals surface area contributed by atoms with Crippen LogP contribution >= 0.6 is 0 Å². The Morgan fingerprint density at radius 3 is 2.81 bits per heavy atom. The van der Waals surface area contributed by atoms with Gasteiger partial charge in [0.15, 0.2) is 0 Å². The smallest absolute Gasteiger partial charge is 0.259 e. The lowest BCUT2D eigenvalue weighted by Crippen LogP contribution is -2.14. The molecule has 4 aromatic rings. The first-order valence-electron chi connectivity index (χ1n) is 10.6. The average Bonchev–Trinajstić information content (AvgIpc) is 3.35. The molecule has 0 saturated carbocycles. The summed E-state index contributed by atoms with van der Waals surface area (Å²) >= 11 is 0. The largest absolute Gasteiger partial charge is 0.492 e. The molecule has 32 heavy (non-hydrogen) atoms. The summed E-state index contributed by atoms with van der Waals surface area (Å²) in [5.41, 5.74) is 4.52. The summed E-state index contributed by atoms with van der Waals surface area (Å²) in [5, 5.41) is 7.61. The molecular weight excluding hydrogens is 406 g/mol. The van der Waals surface area contributed by atoms with Crippen molar-refractivity contribution in [3.8, 4) is 22.8 Å². The molecule has 0 aliphatic carbocycles. The predicted molar refractivity (Wildman–Crippen MR) is 121 cm³/mol. The molecule has 2 aromatic carbocycles. The van der Waals surface area contributed by atoms with Crippen molar-refractivity contribution in [2.75, 3.05) is 11.9 Å². The van der Waals surface area contributed by atoms with Crippen molar-refractivity contribution in [3.05, 3.63) is 65.4 Å². The number of anilines is 1. The second-order valence-corrected chi connectivity index (χ2v) is 7.85. The molecule has 0 unspecified atom stereocenters. The van der Waals surface area contributed by atoms with Crippen LogP contribution < -0.4 is 14.8 Å². The predicted octanol–water partition coefficient (Wildman–Crippen LogP) is 5.17. The number of nitrogens with one attached hydrogen (secondary N) is 1. The molecule has 1 aliphatic heterocycles. The normalized spacial score (nSPS) is 14.8. The third kappa shape index (κ3) is 3.56. The number of amides is 1. The molecule has 1 N–H and O–H groups in total. The summed E-state index contributed by atoms with van der Waals surface area (Å²) in [6.45, 7) is 6.21. The van der Waals surface area contributed by atoms with Crippen LogP contribution in [0.25, 0.3) is 22.4 Å². The first-order chi connectivity index (χ1) is 15.5. The molecule has 3 heterocycles. The minimum absolute atomic E-state index is 0.0957. The minimum atomic E-state index is -0.298. The van der Waals surface area contributed by atoms with E-state index < -0.39 is 0 Å². The zero-order chi connectivity index (χ0) is 22.2. The van der Waals surface area contributed by atoms with E-state index in [1.807, 2.05) is 56.3 Å². The Bertz CT molecular complexity index is 1310. The Hall–Kier alpha value is -3.87. The lowest BCUT2D eigenvalue weighted by Gasteiger charge is -2.14. The van der Waals surface area contributed by atoms with Gasteiger partial charge < -0.3 is 19.3 Å². The summed E-state index contributed by atoms with van der Waals surface area (Å²) in [6.07, 6.45) is 0.910. The molecule has 1 atom stereocenters. The second-order valence-electron chi connectivity index (χ2n) is 7.85. The zero-order valence-electron chi connectivity index (χ0n) is 18.1. The molecule has 0 fully saturated rings. The van der Waals surface area contributed by atoms with E-state index in [4.69, 9.17) is 14.0 Å². The van der Waals surface area contributed by atoms with E-state index in [1.54, 1.807) is 13.0 Å². The van der Waals surface area contributed by atoms with Gasteiger partial charge in [-0.25, -0.2) is 4.98 Å².